The molecule has 19 heavy (non-hydrogen) atoms. The van der Waals surface area contributed by atoms with Gasteiger partial charge in [-0.25, -0.2) is 0 Å². The quantitative estimate of drug-likeness (QED) is 0.445. The molecule has 0 aliphatic heterocycles. The molecule has 0 spiro atoms. The molecule has 0 bridgehead atoms. The normalized spacial score (nSPS) is 11.5. The van der Waals surface area contributed by atoms with E-state index in [1.807, 2.05) is 60.7 Å². The van der Waals surface area contributed by atoms with Gasteiger partial charge >= 0.3 is 0 Å². The maximum Gasteiger partial charge on any atom is 0.104 e. The maximum absolute atomic E-state index is 12.9. The highest BCUT2D eigenvalue weighted by molar-refractivity contribution is 6.17. The summed E-state index contributed by atoms with van der Waals surface area (Å²) in [5, 5.41) is 12.9. The molecule has 0 aliphatic rings. The van der Waals surface area contributed by atoms with E-state index in [1.165, 1.54) is 0 Å². The Labute approximate surface area is 119 Å². The maximum atomic E-state index is 12.9. The Morgan fingerprint density at radius 2 is 1.21 bits per heavy atom. The molecule has 0 aliphatic carbocycles. The number of rotatable bonds is 6. The van der Waals surface area contributed by atoms with Crippen LogP contribution in [0.4, 0.5) is 0 Å². The van der Waals surface area contributed by atoms with Gasteiger partial charge in [0.1, 0.15) is 13.1 Å². The van der Waals surface area contributed by atoms with Crippen molar-refractivity contribution in [2.24, 2.45) is 0 Å². The van der Waals surface area contributed by atoms with Crippen LogP contribution < -0.4 is 0 Å². The molecule has 2 nitrogen and oxygen atoms in total. The summed E-state index contributed by atoms with van der Waals surface area (Å²) in [6.07, 6.45) is 0. The fraction of sp³-hybridized carbons (Fsp3) is 0.250. The molecule has 100 valence electrons. The van der Waals surface area contributed by atoms with Crippen LogP contribution in [-0.2, 0) is 13.1 Å². The summed E-state index contributed by atoms with van der Waals surface area (Å²) in [6, 6.07) is 19.7. The molecule has 3 heteroatoms. The third-order valence-electron chi connectivity index (χ3n) is 3.12. The van der Waals surface area contributed by atoms with Crippen LogP contribution in [0.2, 0.25) is 0 Å². The number of hydrogen-bond acceptors (Lipinski definition) is 1. The lowest BCUT2D eigenvalue weighted by atomic mass is 10.1. The van der Waals surface area contributed by atoms with Crippen LogP contribution in [0.25, 0.3) is 0 Å². The molecular weight excluding hydrogens is 258 g/mol. The third-order valence-corrected chi connectivity index (χ3v) is 3.29. The number of hydroxylamine groups is 3. The molecule has 0 N–H and O–H groups in total. The molecule has 0 fully saturated rings. The minimum absolute atomic E-state index is 0.308. The Bertz CT molecular complexity index is 445. The van der Waals surface area contributed by atoms with Crippen molar-refractivity contribution in [3.63, 3.8) is 0 Å². The SMILES string of the molecule is [O-][N+](CCCl)(Cc1ccccc1)Cc1ccccc1. The third kappa shape index (κ3) is 4.35. The van der Waals surface area contributed by atoms with Crippen molar-refractivity contribution in [3.05, 3.63) is 77.0 Å². The second-order valence-electron chi connectivity index (χ2n) is 4.76. The largest absolute Gasteiger partial charge is 0.632 e. The molecule has 0 amide bonds. The van der Waals surface area contributed by atoms with Gasteiger partial charge in [-0.1, -0.05) is 60.7 Å². The van der Waals surface area contributed by atoms with Gasteiger partial charge in [-0.15, -0.1) is 11.6 Å². The Morgan fingerprint density at radius 1 is 0.789 bits per heavy atom. The lowest BCUT2D eigenvalue weighted by Gasteiger charge is -2.42. The highest BCUT2D eigenvalue weighted by atomic mass is 35.5. The van der Waals surface area contributed by atoms with Crippen LogP contribution in [0.5, 0.6) is 0 Å². The van der Waals surface area contributed by atoms with Crippen LogP contribution >= 0.6 is 11.6 Å². The monoisotopic (exact) mass is 275 g/mol. The molecule has 0 heterocycles. The fourth-order valence-electron chi connectivity index (χ4n) is 2.20. The van der Waals surface area contributed by atoms with Gasteiger partial charge in [0.05, 0.1) is 12.4 Å². The summed E-state index contributed by atoms with van der Waals surface area (Å²) in [4.78, 5) is 0. The zero-order chi connectivity index (χ0) is 13.6. The van der Waals surface area contributed by atoms with E-state index in [0.29, 0.717) is 25.5 Å². The van der Waals surface area contributed by atoms with Gasteiger partial charge in [0, 0.05) is 11.1 Å². The van der Waals surface area contributed by atoms with Crippen LogP contribution in [0, 0.1) is 5.21 Å². The van der Waals surface area contributed by atoms with E-state index in [1.54, 1.807) is 0 Å². The van der Waals surface area contributed by atoms with E-state index < -0.39 is 0 Å². The Balaban J connectivity index is 2.13. The summed E-state index contributed by atoms with van der Waals surface area (Å²) in [6.45, 7) is 1.34. The summed E-state index contributed by atoms with van der Waals surface area (Å²) >= 11 is 5.80. The predicted octanol–water partition coefficient (Wildman–Crippen LogP) is 3.94. The van der Waals surface area contributed by atoms with Crippen molar-refractivity contribution in [2.45, 2.75) is 13.1 Å². The lowest BCUT2D eigenvalue weighted by molar-refractivity contribution is -0.904. The first kappa shape index (κ1) is 14.1. The van der Waals surface area contributed by atoms with Gasteiger partial charge in [-0.2, -0.15) is 0 Å². The average molecular weight is 276 g/mol. The molecule has 0 saturated carbocycles. The molecule has 2 rings (SSSR count). The highest BCUT2D eigenvalue weighted by Gasteiger charge is 2.17. The average Bonchev–Trinajstić information content (AvgIpc) is 2.41. The standard InChI is InChI=1S/C16H18ClNO/c17-11-12-18(19,13-15-7-3-1-4-8-15)14-16-9-5-2-6-10-16/h1-10H,11-14H2. The molecule has 2 aromatic rings. The van der Waals surface area contributed by atoms with E-state index in [2.05, 4.69) is 0 Å². The molecule has 0 saturated heterocycles. The number of hydrogen-bond donors (Lipinski definition) is 0. The number of nitrogens with zero attached hydrogens (tertiary/aromatic N) is 1. The number of halogens is 1. The Hall–Kier alpha value is -1.35. The van der Waals surface area contributed by atoms with Crippen molar-refractivity contribution in [1.29, 1.82) is 0 Å². The zero-order valence-electron chi connectivity index (χ0n) is 10.8. The van der Waals surface area contributed by atoms with Gasteiger partial charge in [-0.05, 0) is 0 Å². The number of quaternary nitrogens is 1. The van der Waals surface area contributed by atoms with Crippen LogP contribution in [0.1, 0.15) is 11.1 Å². The van der Waals surface area contributed by atoms with Crippen LogP contribution in [0.3, 0.4) is 0 Å². The van der Waals surface area contributed by atoms with Crippen molar-refractivity contribution >= 4 is 11.6 Å². The van der Waals surface area contributed by atoms with Gasteiger partial charge in [-0.3, -0.25) is 0 Å². The first-order valence-corrected chi connectivity index (χ1v) is 6.96. The highest BCUT2D eigenvalue weighted by Crippen LogP contribution is 2.18. The Morgan fingerprint density at radius 3 is 1.58 bits per heavy atom. The fourth-order valence-corrected chi connectivity index (χ4v) is 2.51. The van der Waals surface area contributed by atoms with Crippen LogP contribution in [-0.4, -0.2) is 17.1 Å². The summed E-state index contributed by atoms with van der Waals surface area (Å²) < 4.78 is -0.308. The molecule has 0 radical (unpaired) electrons. The molecule has 2 aromatic carbocycles. The van der Waals surface area contributed by atoms with Crippen LogP contribution in [0.15, 0.2) is 60.7 Å². The first-order valence-electron chi connectivity index (χ1n) is 6.43. The van der Waals surface area contributed by atoms with E-state index >= 15 is 0 Å². The van der Waals surface area contributed by atoms with E-state index in [0.717, 1.165) is 11.1 Å². The number of alkyl halides is 1. The molecular formula is C16H18ClNO. The first-order chi connectivity index (χ1) is 9.22. The molecule has 0 unspecified atom stereocenters. The van der Waals surface area contributed by atoms with Crippen molar-refractivity contribution in [2.75, 3.05) is 12.4 Å². The lowest BCUT2D eigenvalue weighted by Crippen LogP contribution is -2.42. The predicted molar refractivity (Wildman–Crippen MR) is 79.5 cm³/mol. The molecule has 0 atom stereocenters. The van der Waals surface area contributed by atoms with Crippen molar-refractivity contribution in [3.8, 4) is 0 Å². The van der Waals surface area contributed by atoms with Gasteiger partial charge in [0.2, 0.25) is 0 Å². The van der Waals surface area contributed by atoms with Gasteiger partial charge in [0.15, 0.2) is 0 Å². The number of benzene rings is 2. The van der Waals surface area contributed by atoms with Crippen molar-refractivity contribution < 1.29 is 4.65 Å². The van der Waals surface area contributed by atoms with E-state index in [-0.39, 0.29) is 4.65 Å². The minimum atomic E-state index is -0.308. The second-order valence-corrected chi connectivity index (χ2v) is 5.14. The van der Waals surface area contributed by atoms with E-state index in [4.69, 9.17) is 11.6 Å². The summed E-state index contributed by atoms with van der Waals surface area (Å²) in [7, 11) is 0. The van der Waals surface area contributed by atoms with Gasteiger partial charge in [0.25, 0.3) is 0 Å². The smallest absolute Gasteiger partial charge is 0.104 e. The summed E-state index contributed by atoms with van der Waals surface area (Å²) in [5.41, 5.74) is 2.11. The summed E-state index contributed by atoms with van der Waals surface area (Å²) in [5.74, 6) is 0.378. The second kappa shape index (κ2) is 6.71. The zero-order valence-corrected chi connectivity index (χ0v) is 11.6. The van der Waals surface area contributed by atoms with Gasteiger partial charge < -0.3 is 9.85 Å². The molecule has 0 aromatic heterocycles. The van der Waals surface area contributed by atoms with Crippen molar-refractivity contribution in [1.82, 2.24) is 0 Å². The Kier molecular flexibility index (Phi) is 4.97. The minimum Gasteiger partial charge on any atom is -0.632 e. The topological polar surface area (TPSA) is 23.1 Å². The van der Waals surface area contributed by atoms with E-state index in [9.17, 15) is 5.21 Å².